The third-order valence-corrected chi connectivity index (χ3v) is 7.68. The van der Waals surface area contributed by atoms with Crippen molar-refractivity contribution >= 4 is 10.0 Å². The summed E-state index contributed by atoms with van der Waals surface area (Å²) in [6, 6.07) is 7.13. The monoisotopic (exact) mass is 352 g/mol. The fourth-order valence-electron chi connectivity index (χ4n) is 4.50. The maximum atomic E-state index is 13.0. The molecular formula is C18H28N2O3S. The van der Waals surface area contributed by atoms with Crippen molar-refractivity contribution < 1.29 is 13.2 Å². The quantitative estimate of drug-likeness (QED) is 0.632. The molecule has 2 fully saturated rings. The number of aryl methyl sites for hydroxylation is 1. The second kappa shape index (κ2) is 6.41. The maximum Gasteiger partial charge on any atom is 0.257 e. The Hall–Kier alpha value is -0.950. The van der Waals surface area contributed by atoms with Gasteiger partial charge in [0.05, 0.1) is 4.90 Å². The van der Waals surface area contributed by atoms with Gasteiger partial charge in [-0.05, 0) is 55.6 Å². The molecule has 2 saturated carbocycles. The summed E-state index contributed by atoms with van der Waals surface area (Å²) in [5.41, 5.74) is 4.60. The van der Waals surface area contributed by atoms with Crippen LogP contribution in [0.3, 0.4) is 0 Å². The Bertz CT molecular complexity index is 685. The SMILES string of the molecule is COCN(NC1CC2CCC1C2(C)C)S(=O)(=O)c1ccc(C)cc1. The molecule has 3 unspecified atom stereocenters. The summed E-state index contributed by atoms with van der Waals surface area (Å²) in [6.07, 6.45) is 3.45. The normalized spacial score (nSPS) is 28.6. The maximum absolute atomic E-state index is 13.0. The van der Waals surface area contributed by atoms with Gasteiger partial charge in [-0.15, -0.1) is 4.41 Å². The van der Waals surface area contributed by atoms with Crippen LogP contribution < -0.4 is 5.43 Å². The van der Waals surface area contributed by atoms with Gasteiger partial charge in [-0.25, -0.2) is 13.8 Å². The Kier molecular flexibility index (Phi) is 4.77. The Labute approximate surface area is 145 Å². The minimum Gasteiger partial charge on any atom is -0.367 e. The van der Waals surface area contributed by atoms with Crippen LogP contribution in [0, 0.1) is 24.2 Å². The van der Waals surface area contributed by atoms with E-state index in [1.54, 1.807) is 12.1 Å². The predicted molar refractivity (Wildman–Crippen MR) is 93.6 cm³/mol. The lowest BCUT2D eigenvalue weighted by Crippen LogP contribution is -2.51. The van der Waals surface area contributed by atoms with E-state index in [1.165, 1.54) is 24.4 Å². The largest absolute Gasteiger partial charge is 0.367 e. The molecule has 3 atom stereocenters. The van der Waals surface area contributed by atoms with Crippen molar-refractivity contribution in [3.63, 3.8) is 0 Å². The van der Waals surface area contributed by atoms with Gasteiger partial charge < -0.3 is 4.74 Å². The molecule has 1 N–H and O–H groups in total. The smallest absolute Gasteiger partial charge is 0.257 e. The minimum absolute atomic E-state index is 0.00449. The highest BCUT2D eigenvalue weighted by molar-refractivity contribution is 7.89. The summed E-state index contributed by atoms with van der Waals surface area (Å²) in [5, 5.41) is 0. The van der Waals surface area contributed by atoms with Gasteiger partial charge in [0, 0.05) is 13.2 Å². The average molecular weight is 353 g/mol. The Morgan fingerprint density at radius 1 is 1.25 bits per heavy atom. The molecule has 1 aromatic carbocycles. The molecule has 0 aromatic heterocycles. The summed E-state index contributed by atoms with van der Waals surface area (Å²) < 4.78 is 32.4. The number of methoxy groups -OCH3 is 1. The molecule has 0 heterocycles. The first-order valence-electron chi connectivity index (χ1n) is 8.61. The van der Waals surface area contributed by atoms with E-state index in [2.05, 4.69) is 19.3 Å². The molecule has 1 aromatic rings. The summed E-state index contributed by atoms with van der Waals surface area (Å²) >= 11 is 0. The number of hydrogen-bond donors (Lipinski definition) is 1. The average Bonchev–Trinajstić information content (AvgIpc) is 2.94. The number of ether oxygens (including phenoxy) is 1. The van der Waals surface area contributed by atoms with Crippen molar-refractivity contribution in [2.24, 2.45) is 17.3 Å². The van der Waals surface area contributed by atoms with Crippen LogP contribution in [0.15, 0.2) is 29.2 Å². The van der Waals surface area contributed by atoms with Gasteiger partial charge in [0.1, 0.15) is 6.73 Å². The molecule has 24 heavy (non-hydrogen) atoms. The summed E-state index contributed by atoms with van der Waals surface area (Å²) in [7, 11) is -2.11. The third kappa shape index (κ3) is 3.01. The van der Waals surface area contributed by atoms with Crippen LogP contribution in [-0.2, 0) is 14.8 Å². The molecule has 2 aliphatic rings. The van der Waals surface area contributed by atoms with E-state index in [9.17, 15) is 8.42 Å². The van der Waals surface area contributed by atoms with Crippen molar-refractivity contribution in [1.82, 2.24) is 9.84 Å². The molecule has 2 aliphatic carbocycles. The zero-order valence-electron chi connectivity index (χ0n) is 15.0. The van der Waals surface area contributed by atoms with E-state index in [1.807, 2.05) is 19.1 Å². The van der Waals surface area contributed by atoms with Gasteiger partial charge in [-0.3, -0.25) is 0 Å². The van der Waals surface area contributed by atoms with Crippen LogP contribution in [0.5, 0.6) is 0 Å². The van der Waals surface area contributed by atoms with E-state index < -0.39 is 10.0 Å². The minimum atomic E-state index is -3.62. The van der Waals surface area contributed by atoms with E-state index in [4.69, 9.17) is 4.74 Å². The number of hydrogen-bond acceptors (Lipinski definition) is 4. The number of hydrazine groups is 1. The fraction of sp³-hybridized carbons (Fsp3) is 0.667. The van der Waals surface area contributed by atoms with Gasteiger partial charge in [0.15, 0.2) is 0 Å². The van der Waals surface area contributed by atoms with Crippen molar-refractivity contribution in [2.75, 3.05) is 13.8 Å². The zero-order valence-corrected chi connectivity index (χ0v) is 15.8. The number of nitrogens with zero attached hydrogens (tertiary/aromatic N) is 1. The third-order valence-electron chi connectivity index (χ3n) is 6.02. The van der Waals surface area contributed by atoms with Gasteiger partial charge in [0.2, 0.25) is 0 Å². The first-order chi connectivity index (χ1) is 11.3. The van der Waals surface area contributed by atoms with Crippen molar-refractivity contribution in [3.05, 3.63) is 29.8 Å². The van der Waals surface area contributed by atoms with Gasteiger partial charge >= 0.3 is 0 Å². The second-order valence-electron chi connectivity index (χ2n) is 7.76. The molecular weight excluding hydrogens is 324 g/mol. The van der Waals surface area contributed by atoms with E-state index >= 15 is 0 Å². The first-order valence-corrected chi connectivity index (χ1v) is 10.1. The highest BCUT2D eigenvalue weighted by atomic mass is 32.2. The summed E-state index contributed by atoms with van der Waals surface area (Å²) in [5.74, 6) is 1.18. The number of nitrogens with one attached hydrogen (secondary N) is 1. The number of sulfonamides is 1. The molecule has 5 nitrogen and oxygen atoms in total. The number of rotatable bonds is 6. The standard InChI is InChI=1S/C18H28N2O3S/c1-13-5-8-15(9-6-13)24(21,22)20(12-23-4)19-17-11-14-7-10-16(17)18(14,2)3/h5-6,8-9,14,16-17,19H,7,10-12H2,1-4H3. The molecule has 3 rings (SSSR count). The lowest BCUT2D eigenvalue weighted by atomic mass is 9.81. The van der Waals surface area contributed by atoms with Gasteiger partial charge in [-0.1, -0.05) is 31.5 Å². The zero-order chi connectivity index (χ0) is 17.5. The van der Waals surface area contributed by atoms with Crippen LogP contribution in [0.1, 0.15) is 38.7 Å². The Balaban J connectivity index is 1.81. The van der Waals surface area contributed by atoms with E-state index in [-0.39, 0.29) is 18.2 Å². The Morgan fingerprint density at radius 2 is 1.92 bits per heavy atom. The van der Waals surface area contributed by atoms with Crippen LogP contribution in [0.4, 0.5) is 0 Å². The van der Waals surface area contributed by atoms with Crippen LogP contribution in [0.25, 0.3) is 0 Å². The number of fused-ring (bicyclic) bond motifs is 2. The molecule has 0 radical (unpaired) electrons. The number of benzene rings is 1. The van der Waals surface area contributed by atoms with Crippen molar-refractivity contribution in [2.45, 2.75) is 51.0 Å². The van der Waals surface area contributed by atoms with Crippen LogP contribution >= 0.6 is 0 Å². The molecule has 0 amide bonds. The predicted octanol–water partition coefficient (Wildman–Crippen LogP) is 2.92. The highest BCUT2D eigenvalue weighted by Crippen LogP contribution is 2.57. The molecule has 134 valence electrons. The topological polar surface area (TPSA) is 58.6 Å². The van der Waals surface area contributed by atoms with Crippen LogP contribution in [0.2, 0.25) is 0 Å². The fourth-order valence-corrected chi connectivity index (χ4v) is 5.75. The molecule has 6 heteroatoms. The summed E-state index contributed by atoms with van der Waals surface area (Å²) in [6.45, 7) is 6.57. The Morgan fingerprint density at radius 3 is 2.42 bits per heavy atom. The second-order valence-corrected chi connectivity index (χ2v) is 9.62. The molecule has 0 spiro atoms. The van der Waals surface area contributed by atoms with E-state index in [0.717, 1.165) is 12.0 Å². The van der Waals surface area contributed by atoms with Crippen molar-refractivity contribution in [3.8, 4) is 0 Å². The highest BCUT2D eigenvalue weighted by Gasteiger charge is 2.53. The lowest BCUT2D eigenvalue weighted by molar-refractivity contribution is 0.0676. The van der Waals surface area contributed by atoms with Gasteiger partial charge in [-0.2, -0.15) is 0 Å². The lowest BCUT2D eigenvalue weighted by Gasteiger charge is -2.32. The van der Waals surface area contributed by atoms with Crippen LogP contribution in [-0.4, -0.2) is 32.7 Å². The molecule has 0 aliphatic heterocycles. The van der Waals surface area contributed by atoms with Crippen molar-refractivity contribution in [1.29, 1.82) is 0 Å². The molecule has 2 bridgehead atoms. The summed E-state index contributed by atoms with van der Waals surface area (Å²) in [4.78, 5) is 0.292. The van der Waals surface area contributed by atoms with Gasteiger partial charge in [0.25, 0.3) is 10.0 Å². The van der Waals surface area contributed by atoms with E-state index in [0.29, 0.717) is 16.7 Å². The molecule has 0 saturated heterocycles. The first kappa shape index (κ1) is 17.9.